The molecular formula is C14H17BrO3S. The van der Waals surface area contributed by atoms with Crippen LogP contribution in [0.1, 0.15) is 30.1 Å². The molecule has 0 saturated heterocycles. The third-order valence-corrected chi connectivity index (χ3v) is 5.18. The standard InChI is InChI=1S/C14H17BrO3S/c1-9-8-11(16)10-4-5-12(13(15)14(10)19-9)18-7-3-6-17-2/h4-5,9H,3,6-8H2,1-2H3. The number of thioether (sulfide) groups is 1. The van der Waals surface area contributed by atoms with Crippen molar-refractivity contribution in [3.05, 3.63) is 22.2 Å². The van der Waals surface area contributed by atoms with E-state index < -0.39 is 0 Å². The van der Waals surface area contributed by atoms with Gasteiger partial charge in [0.25, 0.3) is 0 Å². The van der Waals surface area contributed by atoms with Crippen LogP contribution in [0.4, 0.5) is 0 Å². The minimum Gasteiger partial charge on any atom is -0.492 e. The first kappa shape index (κ1) is 14.9. The molecule has 1 heterocycles. The largest absolute Gasteiger partial charge is 0.492 e. The molecule has 1 aliphatic rings. The molecule has 104 valence electrons. The monoisotopic (exact) mass is 344 g/mol. The van der Waals surface area contributed by atoms with Gasteiger partial charge in [-0.05, 0) is 28.1 Å². The van der Waals surface area contributed by atoms with Gasteiger partial charge < -0.3 is 9.47 Å². The molecule has 0 spiro atoms. The van der Waals surface area contributed by atoms with Crippen molar-refractivity contribution in [3.63, 3.8) is 0 Å². The van der Waals surface area contributed by atoms with Gasteiger partial charge in [0, 0.05) is 42.3 Å². The summed E-state index contributed by atoms with van der Waals surface area (Å²) in [5.41, 5.74) is 0.805. The van der Waals surface area contributed by atoms with Crippen LogP contribution in [0.3, 0.4) is 0 Å². The minimum atomic E-state index is 0.216. The molecule has 0 aliphatic carbocycles. The van der Waals surface area contributed by atoms with Gasteiger partial charge in [0.2, 0.25) is 0 Å². The van der Waals surface area contributed by atoms with E-state index in [2.05, 4.69) is 22.9 Å². The van der Waals surface area contributed by atoms with Gasteiger partial charge in [-0.3, -0.25) is 4.79 Å². The fraction of sp³-hybridized carbons (Fsp3) is 0.500. The normalized spacial score (nSPS) is 18.3. The number of ketones is 1. The second-order valence-corrected chi connectivity index (χ2v) is 6.75. The lowest BCUT2D eigenvalue weighted by molar-refractivity contribution is 0.0978. The Morgan fingerprint density at radius 2 is 2.21 bits per heavy atom. The highest BCUT2D eigenvalue weighted by molar-refractivity contribution is 9.10. The number of carbonyl (C=O) groups excluding carboxylic acids is 1. The fourth-order valence-corrected chi connectivity index (χ4v) is 3.87. The van der Waals surface area contributed by atoms with E-state index in [9.17, 15) is 4.79 Å². The lowest BCUT2D eigenvalue weighted by atomic mass is 10.1. The molecule has 1 aliphatic heterocycles. The van der Waals surface area contributed by atoms with Gasteiger partial charge >= 0.3 is 0 Å². The number of fused-ring (bicyclic) bond motifs is 1. The molecule has 3 nitrogen and oxygen atoms in total. The summed E-state index contributed by atoms with van der Waals surface area (Å²) in [4.78, 5) is 13.0. The van der Waals surface area contributed by atoms with Gasteiger partial charge in [0.05, 0.1) is 11.1 Å². The van der Waals surface area contributed by atoms with Gasteiger partial charge in [0.15, 0.2) is 5.78 Å². The molecule has 1 aromatic rings. The zero-order valence-corrected chi connectivity index (χ0v) is 13.5. The molecule has 1 atom stereocenters. The van der Waals surface area contributed by atoms with Crippen molar-refractivity contribution in [2.75, 3.05) is 20.3 Å². The van der Waals surface area contributed by atoms with Crippen LogP contribution in [0.25, 0.3) is 0 Å². The second-order valence-electron chi connectivity index (χ2n) is 4.50. The van der Waals surface area contributed by atoms with Crippen molar-refractivity contribution >= 4 is 33.5 Å². The first-order valence-electron chi connectivity index (χ1n) is 6.27. The van der Waals surface area contributed by atoms with Crippen LogP contribution in [0.2, 0.25) is 0 Å². The molecule has 19 heavy (non-hydrogen) atoms. The fourth-order valence-electron chi connectivity index (χ4n) is 1.98. The van der Waals surface area contributed by atoms with E-state index in [4.69, 9.17) is 9.47 Å². The summed E-state index contributed by atoms with van der Waals surface area (Å²) in [6.45, 7) is 3.37. The van der Waals surface area contributed by atoms with Gasteiger partial charge in [0.1, 0.15) is 5.75 Å². The molecule has 0 radical (unpaired) electrons. The van der Waals surface area contributed by atoms with E-state index in [0.717, 1.165) is 27.1 Å². The van der Waals surface area contributed by atoms with Crippen molar-refractivity contribution in [3.8, 4) is 5.75 Å². The summed E-state index contributed by atoms with van der Waals surface area (Å²) < 4.78 is 11.6. The first-order valence-corrected chi connectivity index (χ1v) is 7.95. The number of halogens is 1. The topological polar surface area (TPSA) is 35.5 Å². The first-order chi connectivity index (χ1) is 9.13. The molecule has 0 saturated carbocycles. The van der Waals surface area contributed by atoms with Gasteiger partial charge in [-0.1, -0.05) is 6.92 Å². The van der Waals surface area contributed by atoms with Crippen molar-refractivity contribution in [2.45, 2.75) is 29.9 Å². The van der Waals surface area contributed by atoms with Gasteiger partial charge in [-0.2, -0.15) is 0 Å². The molecule has 1 unspecified atom stereocenters. The molecule has 5 heteroatoms. The lowest BCUT2D eigenvalue weighted by Crippen LogP contribution is -2.15. The maximum Gasteiger partial charge on any atom is 0.165 e. The summed E-state index contributed by atoms with van der Waals surface area (Å²) >= 11 is 5.29. The molecule has 0 fully saturated rings. The Kier molecular flexibility index (Phi) is 5.30. The molecule has 0 amide bonds. The number of carbonyl (C=O) groups is 1. The van der Waals surface area contributed by atoms with Crippen molar-refractivity contribution in [1.29, 1.82) is 0 Å². The van der Waals surface area contributed by atoms with Crippen LogP contribution in [0.15, 0.2) is 21.5 Å². The van der Waals surface area contributed by atoms with Crippen molar-refractivity contribution < 1.29 is 14.3 Å². The second kappa shape index (κ2) is 6.77. The summed E-state index contributed by atoms with van der Waals surface area (Å²) in [6, 6.07) is 3.73. The third kappa shape index (κ3) is 3.52. The Balaban J connectivity index is 2.15. The molecular weight excluding hydrogens is 328 g/mol. The van der Waals surface area contributed by atoms with Crippen LogP contribution in [-0.2, 0) is 4.74 Å². The highest BCUT2D eigenvalue weighted by Gasteiger charge is 2.26. The Morgan fingerprint density at radius 3 is 2.95 bits per heavy atom. The predicted octanol–water partition coefficient (Wildman–Crippen LogP) is 3.93. The van der Waals surface area contributed by atoms with E-state index in [0.29, 0.717) is 24.9 Å². The average molecular weight is 345 g/mol. The van der Waals surface area contributed by atoms with Crippen LogP contribution < -0.4 is 4.74 Å². The van der Waals surface area contributed by atoms with E-state index in [1.54, 1.807) is 18.9 Å². The number of rotatable bonds is 5. The summed E-state index contributed by atoms with van der Waals surface area (Å²) in [6.07, 6.45) is 1.46. The summed E-state index contributed by atoms with van der Waals surface area (Å²) in [5.74, 6) is 1.01. The zero-order valence-electron chi connectivity index (χ0n) is 11.1. The number of methoxy groups -OCH3 is 1. The SMILES string of the molecule is COCCCOc1ccc2c(c1Br)SC(C)CC2=O. The minimum absolute atomic E-state index is 0.216. The average Bonchev–Trinajstić information content (AvgIpc) is 2.37. The zero-order chi connectivity index (χ0) is 13.8. The Hall–Kier alpha value is -0.520. The molecule has 1 aromatic carbocycles. The van der Waals surface area contributed by atoms with E-state index in [1.165, 1.54) is 0 Å². The van der Waals surface area contributed by atoms with E-state index in [1.807, 2.05) is 12.1 Å². The van der Waals surface area contributed by atoms with Crippen LogP contribution >= 0.6 is 27.7 Å². The Bertz CT molecular complexity index is 476. The summed E-state index contributed by atoms with van der Waals surface area (Å²) in [7, 11) is 1.68. The quantitative estimate of drug-likeness (QED) is 0.758. The highest BCUT2D eigenvalue weighted by Crippen LogP contribution is 2.43. The maximum atomic E-state index is 12.0. The van der Waals surface area contributed by atoms with Crippen molar-refractivity contribution in [1.82, 2.24) is 0 Å². The predicted molar refractivity (Wildman–Crippen MR) is 80.4 cm³/mol. The van der Waals surface area contributed by atoms with E-state index >= 15 is 0 Å². The molecule has 2 rings (SSSR count). The van der Waals surface area contributed by atoms with Crippen molar-refractivity contribution in [2.24, 2.45) is 0 Å². The molecule has 0 N–H and O–H groups in total. The number of benzene rings is 1. The number of hydrogen-bond donors (Lipinski definition) is 0. The molecule has 0 bridgehead atoms. The summed E-state index contributed by atoms with van der Waals surface area (Å²) in [5, 5.41) is 0.319. The van der Waals surface area contributed by atoms with Crippen LogP contribution in [0, 0.1) is 0 Å². The van der Waals surface area contributed by atoms with Gasteiger partial charge in [-0.25, -0.2) is 0 Å². The number of hydrogen-bond acceptors (Lipinski definition) is 4. The van der Waals surface area contributed by atoms with Crippen LogP contribution in [0.5, 0.6) is 5.75 Å². The Labute approximate surface area is 126 Å². The Morgan fingerprint density at radius 1 is 1.42 bits per heavy atom. The number of ether oxygens (including phenoxy) is 2. The van der Waals surface area contributed by atoms with E-state index in [-0.39, 0.29) is 5.78 Å². The smallest absolute Gasteiger partial charge is 0.165 e. The maximum absolute atomic E-state index is 12.0. The highest BCUT2D eigenvalue weighted by atomic mass is 79.9. The van der Waals surface area contributed by atoms with Crippen LogP contribution in [-0.4, -0.2) is 31.4 Å². The lowest BCUT2D eigenvalue weighted by Gasteiger charge is -2.22. The number of Topliss-reactive ketones (excluding diaryl/α,β-unsaturated/α-hetero) is 1. The molecule has 0 aromatic heterocycles. The van der Waals surface area contributed by atoms with Gasteiger partial charge in [-0.15, -0.1) is 11.8 Å². The third-order valence-electron chi connectivity index (χ3n) is 2.90.